The van der Waals surface area contributed by atoms with Crippen molar-refractivity contribution in [1.82, 2.24) is 20.4 Å². The maximum Gasteiger partial charge on any atom is 0.470 e. The molecule has 1 fully saturated rings. The molecule has 0 unspecified atom stereocenters. The van der Waals surface area contributed by atoms with Crippen LogP contribution in [0.2, 0.25) is 0 Å². The second kappa shape index (κ2) is 10.8. The van der Waals surface area contributed by atoms with Crippen molar-refractivity contribution >= 4 is 11.8 Å². The highest BCUT2D eigenvalue weighted by Gasteiger charge is 2.38. The van der Waals surface area contributed by atoms with E-state index in [1.807, 2.05) is 30.3 Å². The Labute approximate surface area is 200 Å². The number of nitrogens with one attached hydrogen (secondary N) is 1. The van der Waals surface area contributed by atoms with E-state index < -0.39 is 12.1 Å². The van der Waals surface area contributed by atoms with Crippen LogP contribution in [0.5, 0.6) is 0 Å². The number of carbonyl (C=O) groups excluding carboxylic acids is 2. The Kier molecular flexibility index (Phi) is 7.60. The molecule has 10 heteroatoms. The first kappa shape index (κ1) is 24.6. The van der Waals surface area contributed by atoms with Gasteiger partial charge >= 0.3 is 12.1 Å². The minimum absolute atomic E-state index is 0.0777. The van der Waals surface area contributed by atoms with Crippen LogP contribution in [-0.2, 0) is 28.7 Å². The first-order valence-corrected chi connectivity index (χ1v) is 11.4. The molecule has 2 amide bonds. The first-order chi connectivity index (χ1) is 16.8. The number of carbonyl (C=O) groups is 2. The predicted molar refractivity (Wildman–Crippen MR) is 121 cm³/mol. The van der Waals surface area contributed by atoms with Crippen LogP contribution in [0.4, 0.5) is 13.2 Å². The molecule has 0 saturated carbocycles. The fourth-order valence-corrected chi connectivity index (χ4v) is 4.00. The molecule has 1 N–H and O–H groups in total. The zero-order valence-corrected chi connectivity index (χ0v) is 18.9. The van der Waals surface area contributed by atoms with E-state index in [2.05, 4.69) is 15.5 Å². The molecule has 184 valence electrons. The standard InChI is InChI=1S/C25H25F3N4O3/c26-25(27,28)24-31-30-22(35-24)19-9-6-18(7-10-19)16-32(23(34)20-12-14-29-15-13-20)21(33)11-8-17-4-2-1-3-5-17/h1-7,9-10,20,29H,8,11-16H2. The molecule has 3 aromatic rings. The summed E-state index contributed by atoms with van der Waals surface area (Å²) >= 11 is 0. The van der Waals surface area contributed by atoms with E-state index in [-0.39, 0.29) is 36.6 Å². The number of piperidine rings is 1. The molecular weight excluding hydrogens is 461 g/mol. The molecule has 0 atom stereocenters. The van der Waals surface area contributed by atoms with Crippen molar-refractivity contribution < 1.29 is 27.2 Å². The topological polar surface area (TPSA) is 88.3 Å². The van der Waals surface area contributed by atoms with Gasteiger partial charge in [-0.2, -0.15) is 13.2 Å². The molecule has 35 heavy (non-hydrogen) atoms. The Bertz CT molecular complexity index is 1140. The van der Waals surface area contributed by atoms with E-state index in [0.717, 1.165) is 18.7 Å². The number of hydrogen-bond donors (Lipinski definition) is 1. The molecule has 2 aromatic carbocycles. The maximum atomic E-state index is 13.3. The summed E-state index contributed by atoms with van der Waals surface area (Å²) in [6.45, 7) is 1.52. The predicted octanol–water partition coefficient (Wildman–Crippen LogP) is 4.24. The van der Waals surface area contributed by atoms with Gasteiger partial charge in [0.1, 0.15) is 0 Å². The van der Waals surface area contributed by atoms with Crippen molar-refractivity contribution in [3.05, 3.63) is 71.6 Å². The third kappa shape index (κ3) is 6.33. The van der Waals surface area contributed by atoms with Crippen molar-refractivity contribution in [2.45, 2.75) is 38.4 Å². The van der Waals surface area contributed by atoms with Crippen molar-refractivity contribution in [2.75, 3.05) is 13.1 Å². The SMILES string of the molecule is O=C(CCc1ccccc1)N(Cc1ccc(-c2nnc(C(F)(F)F)o2)cc1)C(=O)C1CCNCC1. The smallest absolute Gasteiger partial charge is 0.413 e. The zero-order valence-electron chi connectivity index (χ0n) is 18.9. The van der Waals surface area contributed by atoms with Gasteiger partial charge in [-0.25, -0.2) is 0 Å². The Hall–Kier alpha value is -3.53. The van der Waals surface area contributed by atoms with Gasteiger partial charge in [-0.15, -0.1) is 10.2 Å². The number of nitrogens with zero attached hydrogens (tertiary/aromatic N) is 3. The van der Waals surface area contributed by atoms with Gasteiger partial charge in [-0.1, -0.05) is 42.5 Å². The van der Waals surface area contributed by atoms with Crippen molar-refractivity contribution in [3.63, 3.8) is 0 Å². The monoisotopic (exact) mass is 486 g/mol. The molecule has 0 spiro atoms. The maximum absolute atomic E-state index is 13.3. The Morgan fingerprint density at radius 2 is 1.66 bits per heavy atom. The fourth-order valence-electron chi connectivity index (χ4n) is 4.00. The summed E-state index contributed by atoms with van der Waals surface area (Å²) in [7, 11) is 0. The number of rotatable bonds is 7. The first-order valence-electron chi connectivity index (χ1n) is 11.4. The van der Waals surface area contributed by atoms with Gasteiger partial charge in [0.15, 0.2) is 0 Å². The van der Waals surface area contributed by atoms with Gasteiger partial charge in [-0.3, -0.25) is 14.5 Å². The molecule has 1 aromatic heterocycles. The molecule has 0 radical (unpaired) electrons. The van der Waals surface area contributed by atoms with Crippen LogP contribution in [0.25, 0.3) is 11.5 Å². The van der Waals surface area contributed by atoms with E-state index in [1.54, 1.807) is 12.1 Å². The van der Waals surface area contributed by atoms with E-state index in [0.29, 0.717) is 30.4 Å². The summed E-state index contributed by atoms with van der Waals surface area (Å²) in [5.41, 5.74) is 1.99. The molecule has 0 aliphatic carbocycles. The van der Waals surface area contributed by atoms with Crippen molar-refractivity contribution in [3.8, 4) is 11.5 Å². The highest BCUT2D eigenvalue weighted by molar-refractivity contribution is 5.96. The van der Waals surface area contributed by atoms with Crippen LogP contribution < -0.4 is 5.32 Å². The third-order valence-electron chi connectivity index (χ3n) is 5.93. The largest absolute Gasteiger partial charge is 0.470 e. The summed E-state index contributed by atoms with van der Waals surface area (Å²) in [5.74, 6) is -2.35. The highest BCUT2D eigenvalue weighted by Crippen LogP contribution is 2.30. The van der Waals surface area contributed by atoms with Crippen LogP contribution in [0.1, 0.15) is 36.3 Å². The van der Waals surface area contributed by atoms with Gasteiger partial charge in [-0.05, 0) is 55.6 Å². The van der Waals surface area contributed by atoms with E-state index >= 15 is 0 Å². The van der Waals surface area contributed by atoms with Gasteiger partial charge in [0, 0.05) is 17.9 Å². The summed E-state index contributed by atoms with van der Waals surface area (Å²) in [6, 6.07) is 15.9. The van der Waals surface area contributed by atoms with Gasteiger partial charge in [0.2, 0.25) is 17.7 Å². The third-order valence-corrected chi connectivity index (χ3v) is 5.93. The average Bonchev–Trinajstić information content (AvgIpc) is 3.38. The molecule has 7 nitrogen and oxygen atoms in total. The molecule has 1 saturated heterocycles. The zero-order chi connectivity index (χ0) is 24.8. The number of aromatic nitrogens is 2. The quantitative estimate of drug-likeness (QED) is 0.538. The lowest BCUT2D eigenvalue weighted by atomic mass is 9.96. The minimum atomic E-state index is -4.72. The summed E-state index contributed by atoms with van der Waals surface area (Å²) in [6.07, 6.45) is -2.67. The van der Waals surface area contributed by atoms with E-state index in [9.17, 15) is 22.8 Å². The second-order valence-corrected chi connectivity index (χ2v) is 8.44. The van der Waals surface area contributed by atoms with Crippen molar-refractivity contribution in [2.24, 2.45) is 5.92 Å². The number of amides is 2. The molecule has 1 aliphatic heterocycles. The summed E-state index contributed by atoms with van der Waals surface area (Å²) in [4.78, 5) is 27.7. The lowest BCUT2D eigenvalue weighted by molar-refractivity contribution is -0.157. The van der Waals surface area contributed by atoms with Crippen LogP contribution >= 0.6 is 0 Å². The molecule has 1 aliphatic rings. The Morgan fingerprint density at radius 3 is 2.29 bits per heavy atom. The van der Waals surface area contributed by atoms with Gasteiger partial charge < -0.3 is 9.73 Å². The van der Waals surface area contributed by atoms with Crippen LogP contribution in [0.3, 0.4) is 0 Å². The number of imide groups is 1. The normalized spacial score (nSPS) is 14.6. The number of hydrogen-bond acceptors (Lipinski definition) is 6. The number of halogens is 3. The molecule has 0 bridgehead atoms. The minimum Gasteiger partial charge on any atom is -0.413 e. The van der Waals surface area contributed by atoms with Gasteiger partial charge in [0.25, 0.3) is 0 Å². The van der Waals surface area contributed by atoms with E-state index in [4.69, 9.17) is 4.42 Å². The lowest BCUT2D eigenvalue weighted by Crippen LogP contribution is -2.43. The van der Waals surface area contributed by atoms with Gasteiger partial charge in [0.05, 0.1) is 6.54 Å². The Balaban J connectivity index is 1.49. The number of alkyl halides is 3. The summed E-state index contributed by atoms with van der Waals surface area (Å²) in [5, 5.41) is 9.71. The van der Waals surface area contributed by atoms with Crippen molar-refractivity contribution in [1.29, 1.82) is 0 Å². The Morgan fingerprint density at radius 1 is 0.971 bits per heavy atom. The highest BCUT2D eigenvalue weighted by atomic mass is 19.4. The molecular formula is C25H25F3N4O3. The summed E-state index contributed by atoms with van der Waals surface area (Å²) < 4.78 is 42.9. The second-order valence-electron chi connectivity index (χ2n) is 8.44. The lowest BCUT2D eigenvalue weighted by Gasteiger charge is -2.28. The van der Waals surface area contributed by atoms with Crippen LogP contribution in [-0.4, -0.2) is 40.0 Å². The number of aryl methyl sites for hydroxylation is 1. The van der Waals surface area contributed by atoms with Crippen LogP contribution in [0, 0.1) is 5.92 Å². The average molecular weight is 486 g/mol. The molecule has 2 heterocycles. The van der Waals surface area contributed by atoms with Crippen LogP contribution in [0.15, 0.2) is 59.0 Å². The van der Waals surface area contributed by atoms with E-state index in [1.165, 1.54) is 17.0 Å². The number of benzene rings is 2. The fraction of sp³-hybridized carbons (Fsp3) is 0.360. The molecule has 4 rings (SSSR count).